The van der Waals surface area contributed by atoms with Gasteiger partial charge in [0.1, 0.15) is 0 Å². The first-order chi connectivity index (χ1) is 9.54. The summed E-state index contributed by atoms with van der Waals surface area (Å²) in [5.41, 5.74) is 4.36. The fourth-order valence-corrected chi connectivity index (χ4v) is 2.56. The Labute approximate surface area is 128 Å². The number of nitrogens with one attached hydrogen (secondary N) is 1. The number of aryl methyl sites for hydroxylation is 3. The van der Waals surface area contributed by atoms with Gasteiger partial charge in [0.05, 0.1) is 0 Å². The summed E-state index contributed by atoms with van der Waals surface area (Å²) < 4.78 is 1.05. The van der Waals surface area contributed by atoms with Crippen LogP contribution in [0, 0.1) is 13.8 Å². The summed E-state index contributed by atoms with van der Waals surface area (Å²) in [4.78, 5) is 12.0. The summed E-state index contributed by atoms with van der Waals surface area (Å²) in [5.74, 6) is 0.0527. The molecule has 104 valence electrons. The van der Waals surface area contributed by atoms with Crippen molar-refractivity contribution in [2.75, 3.05) is 5.32 Å². The van der Waals surface area contributed by atoms with E-state index in [1.54, 1.807) is 0 Å². The molecule has 1 amide bonds. The van der Waals surface area contributed by atoms with Crippen LogP contribution < -0.4 is 5.32 Å². The van der Waals surface area contributed by atoms with Crippen LogP contribution in [0.1, 0.15) is 23.1 Å². The first-order valence-electron chi connectivity index (χ1n) is 6.66. The number of carbonyl (C=O) groups is 1. The van der Waals surface area contributed by atoms with Crippen LogP contribution in [-0.4, -0.2) is 5.91 Å². The zero-order valence-electron chi connectivity index (χ0n) is 11.7. The Kier molecular flexibility index (Phi) is 4.96. The molecule has 0 saturated heterocycles. The summed E-state index contributed by atoms with van der Waals surface area (Å²) in [6, 6.07) is 14.1. The molecule has 0 unspecified atom stereocenters. The van der Waals surface area contributed by atoms with E-state index >= 15 is 0 Å². The van der Waals surface area contributed by atoms with Crippen molar-refractivity contribution in [1.29, 1.82) is 0 Å². The van der Waals surface area contributed by atoms with Gasteiger partial charge in [0, 0.05) is 16.6 Å². The first kappa shape index (κ1) is 14.8. The SMILES string of the molecule is Cc1ccc(NC(=O)CCc2cccc(Br)c2)c(C)c1. The van der Waals surface area contributed by atoms with Gasteiger partial charge >= 0.3 is 0 Å². The Morgan fingerprint density at radius 2 is 1.95 bits per heavy atom. The van der Waals surface area contributed by atoms with Crippen molar-refractivity contribution in [3.8, 4) is 0 Å². The van der Waals surface area contributed by atoms with Gasteiger partial charge in [-0.1, -0.05) is 45.8 Å². The zero-order chi connectivity index (χ0) is 14.5. The van der Waals surface area contributed by atoms with Crippen LogP contribution in [0.5, 0.6) is 0 Å². The summed E-state index contributed by atoms with van der Waals surface area (Å²) in [6.45, 7) is 4.06. The predicted octanol–water partition coefficient (Wildman–Crippen LogP) is 4.64. The topological polar surface area (TPSA) is 29.1 Å². The molecule has 3 heteroatoms. The number of amides is 1. The highest BCUT2D eigenvalue weighted by Gasteiger charge is 2.05. The third-order valence-corrected chi connectivity index (χ3v) is 3.68. The Balaban J connectivity index is 1.92. The fourth-order valence-electron chi connectivity index (χ4n) is 2.12. The highest BCUT2D eigenvalue weighted by molar-refractivity contribution is 9.10. The molecular weight excluding hydrogens is 314 g/mol. The minimum Gasteiger partial charge on any atom is -0.326 e. The van der Waals surface area contributed by atoms with Gasteiger partial charge in [-0.15, -0.1) is 0 Å². The molecule has 0 bridgehead atoms. The summed E-state index contributed by atoms with van der Waals surface area (Å²) >= 11 is 3.44. The van der Waals surface area contributed by atoms with E-state index in [4.69, 9.17) is 0 Å². The molecule has 0 aliphatic rings. The Morgan fingerprint density at radius 1 is 1.15 bits per heavy atom. The van der Waals surface area contributed by atoms with Crippen molar-refractivity contribution in [1.82, 2.24) is 0 Å². The number of halogens is 1. The molecule has 0 heterocycles. The second-order valence-corrected chi connectivity index (χ2v) is 5.91. The number of hydrogen-bond donors (Lipinski definition) is 1. The molecule has 2 nitrogen and oxygen atoms in total. The second-order valence-electron chi connectivity index (χ2n) is 5.00. The molecule has 2 rings (SSSR count). The van der Waals surface area contributed by atoms with Gasteiger partial charge < -0.3 is 5.32 Å². The van der Waals surface area contributed by atoms with Gasteiger partial charge in [-0.05, 0) is 49.6 Å². The van der Waals surface area contributed by atoms with Crippen molar-refractivity contribution in [2.45, 2.75) is 26.7 Å². The van der Waals surface area contributed by atoms with Crippen LogP contribution in [0.25, 0.3) is 0 Å². The predicted molar refractivity (Wildman–Crippen MR) is 87.0 cm³/mol. The maximum atomic E-state index is 12.0. The average Bonchev–Trinajstić information content (AvgIpc) is 2.40. The molecule has 0 spiro atoms. The van der Waals surface area contributed by atoms with Crippen molar-refractivity contribution < 1.29 is 4.79 Å². The number of carbonyl (C=O) groups excluding carboxylic acids is 1. The van der Waals surface area contributed by atoms with E-state index in [0.29, 0.717) is 6.42 Å². The number of benzene rings is 2. The lowest BCUT2D eigenvalue weighted by Gasteiger charge is -2.09. The van der Waals surface area contributed by atoms with Crippen LogP contribution in [0.15, 0.2) is 46.9 Å². The zero-order valence-corrected chi connectivity index (χ0v) is 13.3. The van der Waals surface area contributed by atoms with Crippen LogP contribution >= 0.6 is 15.9 Å². The Hall–Kier alpha value is -1.61. The van der Waals surface area contributed by atoms with Crippen LogP contribution in [-0.2, 0) is 11.2 Å². The Bertz CT molecular complexity index is 622. The molecule has 0 aromatic heterocycles. The molecule has 2 aromatic rings. The van der Waals surface area contributed by atoms with Gasteiger partial charge in [-0.25, -0.2) is 0 Å². The molecule has 0 aliphatic heterocycles. The number of hydrogen-bond acceptors (Lipinski definition) is 1. The molecule has 0 aliphatic carbocycles. The summed E-state index contributed by atoms with van der Waals surface area (Å²) in [7, 11) is 0. The third kappa shape index (κ3) is 4.20. The monoisotopic (exact) mass is 331 g/mol. The van der Waals surface area contributed by atoms with E-state index in [-0.39, 0.29) is 5.91 Å². The molecular formula is C17H18BrNO. The van der Waals surface area contributed by atoms with Crippen LogP contribution in [0.2, 0.25) is 0 Å². The normalized spacial score (nSPS) is 10.3. The molecule has 0 fully saturated rings. The molecule has 0 radical (unpaired) electrons. The summed E-state index contributed by atoms with van der Waals surface area (Å²) in [6.07, 6.45) is 1.24. The van der Waals surface area contributed by atoms with E-state index in [2.05, 4.69) is 27.3 Å². The second kappa shape index (κ2) is 6.71. The van der Waals surface area contributed by atoms with Gasteiger partial charge in [-0.3, -0.25) is 4.79 Å². The average molecular weight is 332 g/mol. The lowest BCUT2D eigenvalue weighted by Crippen LogP contribution is -2.13. The minimum absolute atomic E-state index is 0.0527. The number of rotatable bonds is 4. The highest BCUT2D eigenvalue weighted by atomic mass is 79.9. The van der Waals surface area contributed by atoms with E-state index < -0.39 is 0 Å². The van der Waals surface area contributed by atoms with Crippen molar-refractivity contribution in [3.63, 3.8) is 0 Å². The number of anilines is 1. The maximum absolute atomic E-state index is 12.0. The molecule has 20 heavy (non-hydrogen) atoms. The quantitative estimate of drug-likeness (QED) is 0.868. The lowest BCUT2D eigenvalue weighted by molar-refractivity contribution is -0.116. The largest absolute Gasteiger partial charge is 0.326 e. The van der Waals surface area contributed by atoms with Gasteiger partial charge in [0.2, 0.25) is 5.91 Å². The molecule has 0 saturated carbocycles. The van der Waals surface area contributed by atoms with Crippen molar-refractivity contribution in [2.24, 2.45) is 0 Å². The minimum atomic E-state index is 0.0527. The van der Waals surface area contributed by atoms with Crippen LogP contribution in [0.4, 0.5) is 5.69 Å². The van der Waals surface area contributed by atoms with Gasteiger partial charge in [0.25, 0.3) is 0 Å². The highest BCUT2D eigenvalue weighted by Crippen LogP contribution is 2.17. The molecule has 1 N–H and O–H groups in total. The van der Waals surface area contributed by atoms with E-state index in [0.717, 1.165) is 27.7 Å². The smallest absolute Gasteiger partial charge is 0.224 e. The van der Waals surface area contributed by atoms with Crippen molar-refractivity contribution in [3.05, 3.63) is 63.6 Å². The maximum Gasteiger partial charge on any atom is 0.224 e. The van der Waals surface area contributed by atoms with E-state index in [1.807, 2.05) is 50.2 Å². The standard InChI is InChI=1S/C17H18BrNO/c1-12-6-8-16(13(2)10-12)19-17(20)9-7-14-4-3-5-15(18)11-14/h3-6,8,10-11H,7,9H2,1-2H3,(H,19,20). The van der Waals surface area contributed by atoms with Gasteiger partial charge in [-0.2, -0.15) is 0 Å². The Morgan fingerprint density at radius 3 is 2.65 bits per heavy atom. The fraction of sp³-hybridized carbons (Fsp3) is 0.235. The van der Waals surface area contributed by atoms with E-state index in [1.165, 1.54) is 5.56 Å². The summed E-state index contributed by atoms with van der Waals surface area (Å²) in [5, 5.41) is 2.97. The molecule has 2 aromatic carbocycles. The van der Waals surface area contributed by atoms with Crippen LogP contribution in [0.3, 0.4) is 0 Å². The lowest BCUT2D eigenvalue weighted by atomic mass is 10.1. The molecule has 0 atom stereocenters. The van der Waals surface area contributed by atoms with Crippen molar-refractivity contribution >= 4 is 27.5 Å². The third-order valence-electron chi connectivity index (χ3n) is 3.19. The van der Waals surface area contributed by atoms with Gasteiger partial charge in [0.15, 0.2) is 0 Å². The first-order valence-corrected chi connectivity index (χ1v) is 7.45. The van der Waals surface area contributed by atoms with E-state index in [9.17, 15) is 4.79 Å².